The summed E-state index contributed by atoms with van der Waals surface area (Å²) in [6, 6.07) is 9.33. The normalized spacial score (nSPS) is 15.7. The molecule has 1 aromatic carbocycles. The second kappa shape index (κ2) is 12.2. The van der Waals surface area contributed by atoms with Crippen molar-refractivity contribution in [2.45, 2.75) is 72.4 Å². The Hall–Kier alpha value is -3.22. The molecule has 36 heavy (non-hydrogen) atoms. The number of nitrogens with one attached hydrogen (secondary N) is 1. The number of aryl methyl sites for hydroxylation is 1. The van der Waals surface area contributed by atoms with Gasteiger partial charge in [-0.15, -0.1) is 0 Å². The fourth-order valence-corrected chi connectivity index (χ4v) is 4.34. The molecule has 0 atom stereocenters. The number of pyridine rings is 1. The van der Waals surface area contributed by atoms with Crippen LogP contribution in [-0.4, -0.2) is 48.1 Å². The molecular weight excluding hydrogens is 455 g/mol. The Balaban J connectivity index is 1.58. The molecule has 1 aliphatic heterocycles. The molecular formula is C29H39FN4O2. The molecule has 0 bridgehead atoms. The van der Waals surface area contributed by atoms with Gasteiger partial charge in [0, 0.05) is 30.6 Å². The highest BCUT2D eigenvalue weighted by atomic mass is 19.1. The quantitative estimate of drug-likeness (QED) is 0.457. The van der Waals surface area contributed by atoms with Gasteiger partial charge in [-0.3, -0.25) is 4.99 Å². The van der Waals surface area contributed by atoms with Gasteiger partial charge in [0.1, 0.15) is 17.2 Å². The van der Waals surface area contributed by atoms with E-state index in [0.717, 1.165) is 66.1 Å². The molecule has 194 valence electrons. The van der Waals surface area contributed by atoms with E-state index in [9.17, 15) is 9.18 Å². The van der Waals surface area contributed by atoms with Crippen molar-refractivity contribution in [3.8, 4) is 0 Å². The monoisotopic (exact) mass is 494 g/mol. The van der Waals surface area contributed by atoms with Crippen molar-refractivity contribution in [2.24, 2.45) is 4.99 Å². The average Bonchev–Trinajstić information content (AvgIpc) is 2.81. The summed E-state index contributed by atoms with van der Waals surface area (Å²) in [7, 11) is 0. The molecule has 6 nitrogen and oxygen atoms in total. The summed E-state index contributed by atoms with van der Waals surface area (Å²) in [6.45, 7) is 13.6. The first-order valence-corrected chi connectivity index (χ1v) is 12.7. The van der Waals surface area contributed by atoms with Gasteiger partial charge in [-0.1, -0.05) is 19.1 Å². The van der Waals surface area contributed by atoms with Crippen molar-refractivity contribution in [1.29, 1.82) is 0 Å². The lowest BCUT2D eigenvalue weighted by Gasteiger charge is -2.31. The molecule has 1 N–H and O–H groups in total. The molecule has 1 aliphatic rings. The Labute approximate surface area is 214 Å². The summed E-state index contributed by atoms with van der Waals surface area (Å²) < 4.78 is 18.9. The van der Waals surface area contributed by atoms with Crippen molar-refractivity contribution < 1.29 is 13.9 Å². The number of hydrogen-bond donors (Lipinski definition) is 1. The first-order chi connectivity index (χ1) is 17.1. The highest BCUT2D eigenvalue weighted by Gasteiger charge is 2.21. The van der Waals surface area contributed by atoms with Crippen LogP contribution in [0.4, 0.5) is 15.0 Å². The van der Waals surface area contributed by atoms with Gasteiger partial charge in [0.25, 0.3) is 0 Å². The third-order valence-corrected chi connectivity index (χ3v) is 6.02. The van der Waals surface area contributed by atoms with Gasteiger partial charge in [-0.2, -0.15) is 0 Å². The minimum Gasteiger partial charge on any atom is -0.444 e. The Bertz CT molecular complexity index is 1100. The summed E-state index contributed by atoms with van der Waals surface area (Å²) in [6.07, 6.45) is 6.41. The smallest absolute Gasteiger partial charge is 0.407 e. The first-order valence-electron chi connectivity index (χ1n) is 12.7. The van der Waals surface area contributed by atoms with Crippen LogP contribution in [-0.2, 0) is 4.74 Å². The molecule has 2 heterocycles. The number of hydrogen-bond acceptors (Lipinski definition) is 5. The van der Waals surface area contributed by atoms with Gasteiger partial charge in [0.05, 0.1) is 12.6 Å². The molecule has 1 saturated heterocycles. The molecule has 1 amide bonds. The number of carbonyl (C=O) groups excluding carboxylic acids is 1. The van der Waals surface area contributed by atoms with Gasteiger partial charge in [-0.05, 0) is 94.8 Å². The summed E-state index contributed by atoms with van der Waals surface area (Å²) >= 11 is 0. The van der Waals surface area contributed by atoms with Crippen LogP contribution < -0.4 is 10.2 Å². The van der Waals surface area contributed by atoms with Crippen LogP contribution >= 0.6 is 0 Å². The molecule has 0 spiro atoms. The lowest BCUT2D eigenvalue weighted by molar-refractivity contribution is 0.0536. The summed E-state index contributed by atoms with van der Waals surface area (Å²) in [5.41, 5.74) is 4.44. The molecule has 1 fully saturated rings. The van der Waals surface area contributed by atoms with Crippen molar-refractivity contribution in [2.75, 3.05) is 24.5 Å². The van der Waals surface area contributed by atoms with Crippen molar-refractivity contribution in [1.82, 2.24) is 10.3 Å². The first kappa shape index (κ1) is 27.4. The molecule has 0 radical (unpaired) electrons. The van der Waals surface area contributed by atoms with Crippen molar-refractivity contribution >= 4 is 23.2 Å². The number of benzene rings is 1. The predicted octanol–water partition coefficient (Wildman–Crippen LogP) is 6.33. The fraction of sp³-hybridized carbons (Fsp3) is 0.483. The maximum Gasteiger partial charge on any atom is 0.407 e. The maximum atomic E-state index is 13.6. The number of carbonyl (C=O) groups is 1. The van der Waals surface area contributed by atoms with E-state index in [1.807, 2.05) is 46.9 Å². The number of rotatable bonds is 7. The highest BCUT2D eigenvalue weighted by Crippen LogP contribution is 2.28. The van der Waals surface area contributed by atoms with Gasteiger partial charge >= 0.3 is 6.09 Å². The van der Waals surface area contributed by atoms with E-state index in [2.05, 4.69) is 35.3 Å². The Kier molecular flexibility index (Phi) is 9.24. The minimum atomic E-state index is -0.512. The van der Waals surface area contributed by atoms with Crippen LogP contribution in [0.15, 0.2) is 47.6 Å². The zero-order chi connectivity index (χ0) is 26.3. The van der Waals surface area contributed by atoms with E-state index in [1.54, 1.807) is 6.07 Å². The van der Waals surface area contributed by atoms with Crippen LogP contribution in [0.5, 0.6) is 0 Å². The van der Waals surface area contributed by atoms with Crippen LogP contribution in [0.1, 0.15) is 70.6 Å². The third-order valence-electron chi connectivity index (χ3n) is 6.02. The van der Waals surface area contributed by atoms with E-state index >= 15 is 0 Å². The number of aliphatic imine (C=N–C) groups is 1. The summed E-state index contributed by atoms with van der Waals surface area (Å²) in [5.74, 6) is 0.735. The number of allylic oxidation sites excluding steroid dienone is 1. The fourth-order valence-electron chi connectivity index (χ4n) is 4.34. The minimum absolute atomic E-state index is 0.220. The van der Waals surface area contributed by atoms with Crippen molar-refractivity contribution in [3.05, 3.63) is 65.1 Å². The number of aromatic nitrogens is 1. The number of nitrogens with zero attached hydrogens (tertiary/aromatic N) is 3. The molecule has 1 aromatic heterocycles. The highest BCUT2D eigenvalue weighted by molar-refractivity contribution is 5.87. The van der Waals surface area contributed by atoms with Crippen molar-refractivity contribution in [3.63, 3.8) is 0 Å². The van der Waals surface area contributed by atoms with E-state index < -0.39 is 11.7 Å². The number of alkyl carbamates (subject to hydrolysis) is 1. The molecule has 0 unspecified atom stereocenters. The van der Waals surface area contributed by atoms with Gasteiger partial charge in [0.15, 0.2) is 0 Å². The topological polar surface area (TPSA) is 66.8 Å². The maximum absolute atomic E-state index is 13.6. The van der Waals surface area contributed by atoms with Gasteiger partial charge in [0.2, 0.25) is 0 Å². The lowest BCUT2D eigenvalue weighted by atomic mass is 9.94. The van der Waals surface area contributed by atoms with Crippen LogP contribution in [0.3, 0.4) is 0 Å². The third kappa shape index (κ3) is 7.90. The number of halogens is 1. The molecule has 0 aliphatic carbocycles. The Morgan fingerprint density at radius 1 is 1.25 bits per heavy atom. The summed E-state index contributed by atoms with van der Waals surface area (Å²) in [5, 5.41) is 2.77. The zero-order valence-electron chi connectivity index (χ0n) is 22.4. The molecule has 0 saturated carbocycles. The number of piperidine rings is 1. The van der Waals surface area contributed by atoms with E-state index in [4.69, 9.17) is 14.7 Å². The molecule has 2 aromatic rings. The Morgan fingerprint density at radius 2 is 1.97 bits per heavy atom. The second-order valence-corrected chi connectivity index (χ2v) is 10.3. The van der Waals surface area contributed by atoms with Gasteiger partial charge < -0.3 is 15.0 Å². The zero-order valence-corrected chi connectivity index (χ0v) is 22.4. The summed E-state index contributed by atoms with van der Waals surface area (Å²) in [4.78, 5) is 23.7. The van der Waals surface area contributed by atoms with E-state index in [0.29, 0.717) is 6.54 Å². The lowest BCUT2D eigenvalue weighted by Crippen LogP contribution is -2.37. The second-order valence-electron chi connectivity index (χ2n) is 10.3. The van der Waals surface area contributed by atoms with E-state index in [1.165, 1.54) is 6.07 Å². The van der Waals surface area contributed by atoms with E-state index in [-0.39, 0.29) is 11.9 Å². The van der Waals surface area contributed by atoms with Crippen LogP contribution in [0.25, 0.3) is 5.57 Å². The standard InChI is InChI=1S/C29H39FN4O2/c1-7-8-26(25-11-10-23(30)17-20(25)2)22-9-12-27(31-19-22)34-15-13-24(14-16-34)33-21(3)18-32-28(35)36-29(4,5)6/h8-12,17,19,24H,7,13-16,18H2,1-6H3,(H,32,35). The number of amides is 1. The Morgan fingerprint density at radius 3 is 2.56 bits per heavy atom. The predicted molar refractivity (Wildman–Crippen MR) is 145 cm³/mol. The molecule has 3 rings (SSSR count). The average molecular weight is 495 g/mol. The molecule has 7 heteroatoms. The number of ether oxygens (including phenoxy) is 1. The largest absolute Gasteiger partial charge is 0.444 e. The SMILES string of the molecule is CCC=C(c1ccc(N2CCC(N=C(C)CNC(=O)OC(C)(C)C)CC2)nc1)c1ccc(F)cc1C. The van der Waals surface area contributed by atoms with Crippen LogP contribution in [0.2, 0.25) is 0 Å². The van der Waals surface area contributed by atoms with Gasteiger partial charge in [-0.25, -0.2) is 14.2 Å². The van der Waals surface area contributed by atoms with Crippen LogP contribution in [0, 0.1) is 12.7 Å². The number of anilines is 1.